The standard InChI is InChI=1S/C13H24N2O3S.ClH/c1-15(10-11-4-3-5-11)12(16)13(19(2,17)18)6-8-14-9-7-13;/h11,14H,3-10H2,1-2H3;1H. The highest BCUT2D eigenvalue weighted by molar-refractivity contribution is 7.92. The SMILES string of the molecule is CN(CC1CCC1)C(=O)C1(S(C)(=O)=O)CCNCC1.Cl. The minimum Gasteiger partial charge on any atom is -0.344 e. The van der Waals surface area contributed by atoms with Gasteiger partial charge in [0.2, 0.25) is 5.91 Å². The number of amides is 1. The monoisotopic (exact) mass is 324 g/mol. The molecule has 7 heteroatoms. The van der Waals surface area contributed by atoms with Gasteiger partial charge in [-0.3, -0.25) is 4.79 Å². The van der Waals surface area contributed by atoms with Gasteiger partial charge in [-0.25, -0.2) is 8.42 Å². The van der Waals surface area contributed by atoms with E-state index in [1.165, 1.54) is 12.7 Å². The summed E-state index contributed by atoms with van der Waals surface area (Å²) < 4.78 is 23.1. The first-order chi connectivity index (χ1) is 8.87. The van der Waals surface area contributed by atoms with E-state index in [1.807, 2.05) is 0 Å². The van der Waals surface area contributed by atoms with Crippen LogP contribution in [-0.2, 0) is 14.6 Å². The lowest BCUT2D eigenvalue weighted by Crippen LogP contribution is -2.58. The van der Waals surface area contributed by atoms with Crippen molar-refractivity contribution >= 4 is 28.2 Å². The number of piperidine rings is 1. The normalized spacial score (nSPS) is 22.5. The maximum atomic E-state index is 12.7. The molecular formula is C13H25ClN2O3S. The van der Waals surface area contributed by atoms with Crippen LogP contribution >= 0.6 is 12.4 Å². The van der Waals surface area contributed by atoms with E-state index in [1.54, 1.807) is 11.9 Å². The van der Waals surface area contributed by atoms with Crippen molar-refractivity contribution in [3.8, 4) is 0 Å². The molecule has 1 amide bonds. The second-order valence-electron chi connectivity index (χ2n) is 6.00. The van der Waals surface area contributed by atoms with Crippen LogP contribution in [0.15, 0.2) is 0 Å². The Hall–Kier alpha value is -0.330. The zero-order valence-electron chi connectivity index (χ0n) is 12.2. The first-order valence-electron chi connectivity index (χ1n) is 7.03. The summed E-state index contributed by atoms with van der Waals surface area (Å²) in [5, 5.41) is 3.13. The van der Waals surface area contributed by atoms with E-state index < -0.39 is 14.6 Å². The second kappa shape index (κ2) is 6.62. The molecule has 2 aliphatic rings. The lowest BCUT2D eigenvalue weighted by Gasteiger charge is -2.39. The third kappa shape index (κ3) is 3.28. The highest BCUT2D eigenvalue weighted by Crippen LogP contribution is 2.32. The zero-order chi connectivity index (χ0) is 14.1. The molecule has 0 aromatic rings. The van der Waals surface area contributed by atoms with Crippen LogP contribution in [0.3, 0.4) is 0 Å². The summed E-state index contributed by atoms with van der Waals surface area (Å²) in [6.45, 7) is 1.88. The van der Waals surface area contributed by atoms with Crippen molar-refractivity contribution in [2.45, 2.75) is 36.9 Å². The quantitative estimate of drug-likeness (QED) is 0.832. The number of hydrogen-bond acceptors (Lipinski definition) is 4. The van der Waals surface area contributed by atoms with Gasteiger partial charge in [-0.05, 0) is 44.7 Å². The Kier molecular flexibility index (Phi) is 5.87. The largest absolute Gasteiger partial charge is 0.344 e. The molecule has 1 saturated carbocycles. The fourth-order valence-corrected chi connectivity index (χ4v) is 4.49. The Morgan fingerprint density at radius 3 is 2.25 bits per heavy atom. The van der Waals surface area contributed by atoms with Crippen LogP contribution < -0.4 is 5.32 Å². The summed E-state index contributed by atoms with van der Waals surface area (Å²) in [5.41, 5.74) is 0. The number of hydrogen-bond donors (Lipinski definition) is 1. The lowest BCUT2D eigenvalue weighted by molar-refractivity contribution is -0.134. The molecule has 0 spiro atoms. The third-order valence-corrected chi connectivity index (χ3v) is 6.62. The molecule has 0 radical (unpaired) electrons. The predicted molar refractivity (Wildman–Crippen MR) is 81.9 cm³/mol. The molecule has 0 bridgehead atoms. The molecule has 0 aromatic heterocycles. The number of sulfone groups is 1. The number of nitrogens with one attached hydrogen (secondary N) is 1. The van der Waals surface area contributed by atoms with Gasteiger partial charge in [0.05, 0.1) is 0 Å². The molecule has 1 aliphatic carbocycles. The lowest BCUT2D eigenvalue weighted by atomic mass is 9.84. The van der Waals surface area contributed by atoms with Crippen LogP contribution in [0.4, 0.5) is 0 Å². The van der Waals surface area contributed by atoms with Gasteiger partial charge < -0.3 is 10.2 Å². The maximum Gasteiger partial charge on any atom is 0.243 e. The van der Waals surface area contributed by atoms with Gasteiger partial charge in [-0.1, -0.05) is 6.42 Å². The number of carbonyl (C=O) groups excluding carboxylic acids is 1. The topological polar surface area (TPSA) is 66.5 Å². The van der Waals surface area contributed by atoms with Crippen molar-refractivity contribution in [3.63, 3.8) is 0 Å². The van der Waals surface area contributed by atoms with Gasteiger partial charge in [0.1, 0.15) is 0 Å². The second-order valence-corrected chi connectivity index (χ2v) is 8.32. The molecule has 2 rings (SSSR count). The van der Waals surface area contributed by atoms with Crippen LogP contribution in [0.5, 0.6) is 0 Å². The number of rotatable bonds is 4. The zero-order valence-corrected chi connectivity index (χ0v) is 13.9. The molecule has 118 valence electrons. The van der Waals surface area contributed by atoms with Crippen LogP contribution in [0.25, 0.3) is 0 Å². The van der Waals surface area contributed by atoms with E-state index in [0.717, 1.165) is 12.8 Å². The summed E-state index contributed by atoms with van der Waals surface area (Å²) in [7, 11) is -1.64. The van der Waals surface area contributed by atoms with Crippen molar-refractivity contribution in [1.29, 1.82) is 0 Å². The van der Waals surface area contributed by atoms with Crippen molar-refractivity contribution < 1.29 is 13.2 Å². The Morgan fingerprint density at radius 1 is 1.30 bits per heavy atom. The van der Waals surface area contributed by atoms with Gasteiger partial charge in [0.15, 0.2) is 14.6 Å². The highest BCUT2D eigenvalue weighted by atomic mass is 35.5. The molecule has 1 aliphatic heterocycles. The fraction of sp³-hybridized carbons (Fsp3) is 0.923. The smallest absolute Gasteiger partial charge is 0.243 e. The van der Waals surface area contributed by atoms with Crippen molar-refractivity contribution in [2.75, 3.05) is 32.9 Å². The van der Waals surface area contributed by atoms with Crippen LogP contribution in [0.1, 0.15) is 32.1 Å². The molecule has 0 aromatic carbocycles. The minimum atomic E-state index is -3.39. The first-order valence-corrected chi connectivity index (χ1v) is 8.92. The number of halogens is 1. The number of nitrogens with zero attached hydrogens (tertiary/aromatic N) is 1. The van der Waals surface area contributed by atoms with Crippen LogP contribution in [0.2, 0.25) is 0 Å². The van der Waals surface area contributed by atoms with Gasteiger partial charge in [0, 0.05) is 19.8 Å². The van der Waals surface area contributed by atoms with Crippen molar-refractivity contribution in [3.05, 3.63) is 0 Å². The van der Waals surface area contributed by atoms with E-state index in [-0.39, 0.29) is 18.3 Å². The van der Waals surface area contributed by atoms with Gasteiger partial charge in [-0.2, -0.15) is 0 Å². The Labute approximate surface area is 127 Å². The van der Waals surface area contributed by atoms with E-state index in [9.17, 15) is 13.2 Å². The summed E-state index contributed by atoms with van der Waals surface area (Å²) >= 11 is 0. The average molecular weight is 325 g/mol. The molecule has 1 saturated heterocycles. The van der Waals surface area contributed by atoms with Crippen molar-refractivity contribution in [1.82, 2.24) is 10.2 Å². The van der Waals surface area contributed by atoms with E-state index >= 15 is 0 Å². The third-order valence-electron chi connectivity index (χ3n) is 4.61. The van der Waals surface area contributed by atoms with E-state index in [4.69, 9.17) is 0 Å². The molecule has 5 nitrogen and oxygen atoms in total. The molecule has 2 fully saturated rings. The van der Waals surface area contributed by atoms with Crippen LogP contribution in [-0.4, -0.2) is 56.9 Å². The van der Waals surface area contributed by atoms with Gasteiger partial charge >= 0.3 is 0 Å². The Bertz CT molecular complexity index is 443. The highest BCUT2D eigenvalue weighted by Gasteiger charge is 2.50. The summed E-state index contributed by atoms with van der Waals surface area (Å²) in [6, 6.07) is 0. The predicted octanol–water partition coefficient (Wildman–Crippen LogP) is 0.833. The Morgan fingerprint density at radius 2 is 1.85 bits per heavy atom. The first kappa shape index (κ1) is 17.7. The molecule has 1 N–H and O–H groups in total. The fourth-order valence-electron chi connectivity index (χ4n) is 3.07. The van der Waals surface area contributed by atoms with Crippen LogP contribution in [0, 0.1) is 5.92 Å². The van der Waals surface area contributed by atoms with E-state index in [0.29, 0.717) is 38.4 Å². The maximum absolute atomic E-state index is 12.7. The van der Waals surface area contributed by atoms with Gasteiger partial charge in [-0.15, -0.1) is 12.4 Å². The summed E-state index contributed by atoms with van der Waals surface area (Å²) in [6.07, 6.45) is 5.52. The van der Waals surface area contributed by atoms with Gasteiger partial charge in [0.25, 0.3) is 0 Å². The number of carbonyl (C=O) groups is 1. The van der Waals surface area contributed by atoms with E-state index in [2.05, 4.69) is 5.32 Å². The molecule has 1 heterocycles. The molecule has 20 heavy (non-hydrogen) atoms. The average Bonchev–Trinajstić information content (AvgIpc) is 2.32. The molecular weight excluding hydrogens is 300 g/mol. The minimum absolute atomic E-state index is 0. The summed E-state index contributed by atoms with van der Waals surface area (Å²) in [5.74, 6) is 0.357. The Balaban J connectivity index is 0.00000200. The van der Waals surface area contributed by atoms with Crippen molar-refractivity contribution in [2.24, 2.45) is 5.92 Å². The molecule has 0 unspecified atom stereocenters. The molecule has 0 atom stereocenters. The summed E-state index contributed by atoms with van der Waals surface area (Å²) in [4.78, 5) is 14.3.